The van der Waals surface area contributed by atoms with Gasteiger partial charge in [0.2, 0.25) is 0 Å². The van der Waals surface area contributed by atoms with Gasteiger partial charge in [0.1, 0.15) is 24.0 Å². The molecule has 0 fully saturated rings. The van der Waals surface area contributed by atoms with Gasteiger partial charge in [0.25, 0.3) is 0 Å². The number of benzene rings is 2. The molecule has 2 aromatic carbocycles. The number of halogens is 4. The van der Waals surface area contributed by atoms with Crippen LogP contribution in [0, 0.1) is 11.6 Å². The minimum atomic E-state index is -0.730. The summed E-state index contributed by atoms with van der Waals surface area (Å²) in [5.74, 6) is -1.23. The average Bonchev–Trinajstić information content (AvgIpc) is 2.44. The lowest BCUT2D eigenvalue weighted by Gasteiger charge is -2.10. The van der Waals surface area contributed by atoms with Gasteiger partial charge in [0.15, 0.2) is 6.29 Å². The van der Waals surface area contributed by atoms with Gasteiger partial charge in [0.05, 0.1) is 15.6 Å². The van der Waals surface area contributed by atoms with Crippen LogP contribution < -0.4 is 4.74 Å². The molecule has 104 valence electrons. The fraction of sp³-hybridized carbons (Fsp3) is 0.0714. The van der Waals surface area contributed by atoms with Gasteiger partial charge in [-0.15, -0.1) is 0 Å². The van der Waals surface area contributed by atoms with Crippen molar-refractivity contribution in [2.24, 2.45) is 0 Å². The lowest BCUT2D eigenvalue weighted by Crippen LogP contribution is -2.04. The van der Waals surface area contributed by atoms with Crippen LogP contribution in [0.25, 0.3) is 0 Å². The number of carbonyl (C=O) groups excluding carboxylic acids is 1. The Morgan fingerprint density at radius 3 is 2.70 bits per heavy atom. The first-order valence-corrected chi connectivity index (χ1v) is 6.70. The summed E-state index contributed by atoms with van der Waals surface area (Å²) in [4.78, 5) is 10.9. The predicted molar refractivity (Wildman–Crippen MR) is 75.2 cm³/mol. The van der Waals surface area contributed by atoms with E-state index in [0.717, 1.165) is 6.07 Å². The van der Waals surface area contributed by atoms with Gasteiger partial charge in [-0.3, -0.25) is 4.79 Å². The second kappa shape index (κ2) is 6.33. The molecule has 2 rings (SSSR count). The first-order chi connectivity index (χ1) is 9.52. The maximum absolute atomic E-state index is 13.8. The van der Waals surface area contributed by atoms with Crippen LogP contribution in [0.5, 0.6) is 5.75 Å². The van der Waals surface area contributed by atoms with E-state index in [1.54, 1.807) is 0 Å². The molecule has 2 aromatic rings. The third kappa shape index (κ3) is 3.16. The Bertz CT molecular complexity index is 662. The van der Waals surface area contributed by atoms with Crippen molar-refractivity contribution in [1.82, 2.24) is 0 Å². The summed E-state index contributed by atoms with van der Waals surface area (Å²) < 4.78 is 32.7. The zero-order valence-electron chi connectivity index (χ0n) is 10.00. The molecule has 6 heteroatoms. The number of hydrogen-bond acceptors (Lipinski definition) is 2. The molecule has 0 saturated heterocycles. The van der Waals surface area contributed by atoms with Crippen LogP contribution in [0.1, 0.15) is 15.9 Å². The van der Waals surface area contributed by atoms with Crippen LogP contribution in [0.3, 0.4) is 0 Å². The van der Waals surface area contributed by atoms with Gasteiger partial charge in [-0.25, -0.2) is 8.78 Å². The van der Waals surface area contributed by atoms with Gasteiger partial charge < -0.3 is 4.74 Å². The molecule has 0 heterocycles. The Balaban J connectivity index is 2.25. The van der Waals surface area contributed by atoms with Crippen LogP contribution in [0.4, 0.5) is 8.78 Å². The number of hydrogen-bond donors (Lipinski definition) is 0. The van der Waals surface area contributed by atoms with Crippen molar-refractivity contribution in [2.75, 3.05) is 0 Å². The summed E-state index contributed by atoms with van der Waals surface area (Å²) in [6.07, 6.45) is 0.564. The summed E-state index contributed by atoms with van der Waals surface area (Å²) in [6, 6.07) is 6.82. The fourth-order valence-corrected chi connectivity index (χ4v) is 2.15. The van der Waals surface area contributed by atoms with Gasteiger partial charge in [-0.05, 0) is 46.3 Å². The molecule has 0 aliphatic carbocycles. The number of aldehydes is 1. The standard InChI is InChI=1S/C14H8BrClF2O2/c15-11-2-3-12(17)10(14(11)18)7-20-13-4-1-9(16)5-8(13)6-19/h1-6H,7H2. The van der Waals surface area contributed by atoms with Gasteiger partial charge in [-0.1, -0.05) is 11.6 Å². The van der Waals surface area contributed by atoms with Crippen molar-refractivity contribution in [2.45, 2.75) is 6.61 Å². The molecule has 2 nitrogen and oxygen atoms in total. The SMILES string of the molecule is O=Cc1cc(Cl)ccc1OCc1c(F)ccc(Br)c1F. The topological polar surface area (TPSA) is 26.3 Å². The summed E-state index contributed by atoms with van der Waals surface area (Å²) >= 11 is 8.72. The van der Waals surface area contributed by atoms with Crippen molar-refractivity contribution in [3.05, 3.63) is 62.6 Å². The molecule has 0 aromatic heterocycles. The van der Waals surface area contributed by atoms with E-state index in [2.05, 4.69) is 15.9 Å². The predicted octanol–water partition coefficient (Wildman–Crippen LogP) is 4.77. The monoisotopic (exact) mass is 360 g/mol. The molecule has 0 amide bonds. The molecule has 0 N–H and O–H groups in total. The number of rotatable bonds is 4. The highest BCUT2D eigenvalue weighted by Gasteiger charge is 2.14. The first-order valence-electron chi connectivity index (χ1n) is 5.53. The second-order valence-corrected chi connectivity index (χ2v) is 5.20. The highest BCUT2D eigenvalue weighted by molar-refractivity contribution is 9.10. The Labute approximate surface area is 127 Å². The summed E-state index contributed by atoms with van der Waals surface area (Å²) in [7, 11) is 0. The highest BCUT2D eigenvalue weighted by atomic mass is 79.9. The maximum Gasteiger partial charge on any atom is 0.153 e. The molecular formula is C14H8BrClF2O2. The van der Waals surface area contributed by atoms with Crippen LogP contribution >= 0.6 is 27.5 Å². The molecule has 20 heavy (non-hydrogen) atoms. The van der Waals surface area contributed by atoms with Crippen LogP contribution in [0.2, 0.25) is 5.02 Å². The molecule has 0 atom stereocenters. The minimum absolute atomic E-state index is 0.143. The van der Waals surface area contributed by atoms with Gasteiger partial charge in [-0.2, -0.15) is 0 Å². The second-order valence-electron chi connectivity index (χ2n) is 3.91. The minimum Gasteiger partial charge on any atom is -0.488 e. The smallest absolute Gasteiger partial charge is 0.153 e. The zero-order chi connectivity index (χ0) is 14.7. The van der Waals surface area contributed by atoms with Gasteiger partial charge >= 0.3 is 0 Å². The number of ether oxygens (including phenoxy) is 1. The van der Waals surface area contributed by atoms with Crippen LogP contribution in [-0.4, -0.2) is 6.29 Å². The molecule has 0 unspecified atom stereocenters. The third-order valence-corrected chi connectivity index (χ3v) is 3.46. The summed E-state index contributed by atoms with van der Waals surface area (Å²) in [6.45, 7) is -0.334. The van der Waals surface area contributed by atoms with Crippen molar-refractivity contribution < 1.29 is 18.3 Å². The molecule has 0 aliphatic rings. The van der Waals surface area contributed by atoms with Crippen molar-refractivity contribution >= 4 is 33.8 Å². The van der Waals surface area contributed by atoms with E-state index >= 15 is 0 Å². The zero-order valence-corrected chi connectivity index (χ0v) is 12.3. The molecular weight excluding hydrogens is 354 g/mol. The Kier molecular flexibility index (Phi) is 4.73. The molecule has 0 aliphatic heterocycles. The molecule has 0 spiro atoms. The van der Waals surface area contributed by atoms with E-state index in [9.17, 15) is 13.6 Å². The van der Waals surface area contributed by atoms with E-state index in [4.69, 9.17) is 16.3 Å². The maximum atomic E-state index is 13.8. The van der Waals surface area contributed by atoms with E-state index < -0.39 is 11.6 Å². The summed E-state index contributed by atoms with van der Waals surface area (Å²) in [5, 5.41) is 0.374. The van der Waals surface area contributed by atoms with Gasteiger partial charge in [0, 0.05) is 5.02 Å². The molecule has 0 bridgehead atoms. The van der Waals surface area contributed by atoms with E-state index in [1.807, 2.05) is 0 Å². The Morgan fingerprint density at radius 2 is 2.00 bits per heavy atom. The first kappa shape index (κ1) is 14.9. The van der Waals surface area contributed by atoms with Crippen molar-refractivity contribution in [3.8, 4) is 5.75 Å². The summed E-state index contributed by atoms with van der Waals surface area (Å²) in [5.41, 5.74) is -0.000475. The van der Waals surface area contributed by atoms with Crippen LogP contribution in [0.15, 0.2) is 34.8 Å². The largest absolute Gasteiger partial charge is 0.488 e. The highest BCUT2D eigenvalue weighted by Crippen LogP contribution is 2.25. The average molecular weight is 362 g/mol. The van der Waals surface area contributed by atoms with Crippen LogP contribution in [-0.2, 0) is 6.61 Å². The van der Waals surface area contributed by atoms with E-state index in [1.165, 1.54) is 24.3 Å². The number of carbonyl (C=O) groups is 1. The fourth-order valence-electron chi connectivity index (χ4n) is 1.59. The molecule has 0 saturated carbocycles. The van der Waals surface area contributed by atoms with E-state index in [-0.39, 0.29) is 28.0 Å². The molecule has 0 radical (unpaired) electrons. The van der Waals surface area contributed by atoms with E-state index in [0.29, 0.717) is 11.3 Å². The van der Waals surface area contributed by atoms with Crippen molar-refractivity contribution in [3.63, 3.8) is 0 Å². The lowest BCUT2D eigenvalue weighted by atomic mass is 10.2. The van der Waals surface area contributed by atoms with Crippen molar-refractivity contribution in [1.29, 1.82) is 0 Å². The Morgan fingerprint density at radius 1 is 1.25 bits per heavy atom. The Hall–Kier alpha value is -1.46. The quantitative estimate of drug-likeness (QED) is 0.579. The lowest BCUT2D eigenvalue weighted by molar-refractivity contribution is 0.111. The third-order valence-electron chi connectivity index (χ3n) is 2.61. The normalized spacial score (nSPS) is 10.4.